The summed E-state index contributed by atoms with van der Waals surface area (Å²) < 4.78 is 24.3. The Labute approximate surface area is 280 Å². The minimum Gasteiger partial charge on any atom is -0.490 e. The molecule has 0 aliphatic heterocycles. The van der Waals surface area contributed by atoms with E-state index in [2.05, 4.69) is 0 Å². The van der Waals surface area contributed by atoms with Gasteiger partial charge in [0.2, 0.25) is 0 Å². The van der Waals surface area contributed by atoms with Crippen molar-refractivity contribution in [1.82, 2.24) is 0 Å². The van der Waals surface area contributed by atoms with Crippen LogP contribution in [0.5, 0.6) is 34.5 Å². The van der Waals surface area contributed by atoms with Gasteiger partial charge in [-0.2, -0.15) is 0 Å². The summed E-state index contributed by atoms with van der Waals surface area (Å²) in [6.45, 7) is 7.60. The maximum atomic E-state index is 14.5. The van der Waals surface area contributed by atoms with E-state index in [4.69, 9.17) is 18.9 Å². The molecule has 6 heteroatoms. The Morgan fingerprint density at radius 2 is 0.792 bits per heavy atom. The fraction of sp³-hybridized carbons (Fsp3) is 0.143. The second kappa shape index (κ2) is 14.3. The van der Waals surface area contributed by atoms with Crippen LogP contribution in [-0.2, 0) is 0 Å². The standard InChI is InChI=1S/C42H36O6/c1-27(2)45-36-25-19-29-20-26-37(46-28(3)4)40(42(44)31-17-23-35(24-18-31)48-33-13-9-6-10-14-33)38(29)39(36)41(43)30-15-21-34(22-16-30)47-32-11-7-5-8-12-32/h5-28H,1-4H3. The highest BCUT2D eigenvalue weighted by Crippen LogP contribution is 2.39. The second-order valence-electron chi connectivity index (χ2n) is 11.8. The number of ketones is 2. The molecule has 48 heavy (non-hydrogen) atoms. The van der Waals surface area contributed by atoms with E-state index in [1.807, 2.05) is 100 Å². The zero-order valence-corrected chi connectivity index (χ0v) is 27.3. The lowest BCUT2D eigenvalue weighted by Gasteiger charge is -2.21. The van der Waals surface area contributed by atoms with Crippen LogP contribution in [0.15, 0.2) is 133 Å². The highest BCUT2D eigenvalue weighted by atomic mass is 16.5. The van der Waals surface area contributed by atoms with Gasteiger partial charge in [0.15, 0.2) is 11.6 Å². The normalized spacial score (nSPS) is 11.0. The third kappa shape index (κ3) is 7.24. The molecule has 0 atom stereocenters. The van der Waals surface area contributed by atoms with Crippen LogP contribution >= 0.6 is 0 Å². The number of hydrogen-bond acceptors (Lipinski definition) is 6. The first-order valence-corrected chi connectivity index (χ1v) is 15.9. The number of ether oxygens (including phenoxy) is 4. The summed E-state index contributed by atoms with van der Waals surface area (Å²) in [4.78, 5) is 29.0. The Hall–Kier alpha value is -5.88. The van der Waals surface area contributed by atoms with Crippen LogP contribution in [0.3, 0.4) is 0 Å². The van der Waals surface area contributed by atoms with Gasteiger partial charge in [0.05, 0.1) is 23.3 Å². The molecule has 0 fully saturated rings. The maximum Gasteiger partial charge on any atom is 0.197 e. The van der Waals surface area contributed by atoms with E-state index in [-0.39, 0.29) is 23.8 Å². The lowest BCUT2D eigenvalue weighted by Crippen LogP contribution is -2.15. The number of carbonyl (C=O) groups is 2. The molecule has 6 rings (SSSR count). The average molecular weight is 637 g/mol. The first kappa shape index (κ1) is 32.1. The largest absolute Gasteiger partial charge is 0.490 e. The molecule has 6 aromatic carbocycles. The van der Waals surface area contributed by atoms with Crippen molar-refractivity contribution < 1.29 is 28.5 Å². The van der Waals surface area contributed by atoms with Crippen LogP contribution < -0.4 is 18.9 Å². The van der Waals surface area contributed by atoms with Gasteiger partial charge in [-0.1, -0.05) is 48.5 Å². The monoisotopic (exact) mass is 636 g/mol. The molecule has 0 heterocycles. The fourth-order valence-corrected chi connectivity index (χ4v) is 5.42. The molecule has 6 nitrogen and oxygen atoms in total. The Kier molecular flexibility index (Phi) is 9.53. The van der Waals surface area contributed by atoms with Gasteiger partial charge in [0.25, 0.3) is 0 Å². The average Bonchev–Trinajstić information content (AvgIpc) is 3.09. The Morgan fingerprint density at radius 3 is 1.15 bits per heavy atom. The molecule has 0 radical (unpaired) electrons. The molecule has 0 aromatic heterocycles. The van der Waals surface area contributed by atoms with Crippen molar-refractivity contribution >= 4 is 22.3 Å². The number of benzene rings is 6. The van der Waals surface area contributed by atoms with Crippen molar-refractivity contribution in [2.24, 2.45) is 0 Å². The van der Waals surface area contributed by atoms with E-state index >= 15 is 0 Å². The van der Waals surface area contributed by atoms with E-state index in [0.29, 0.717) is 67.5 Å². The maximum absolute atomic E-state index is 14.5. The second-order valence-corrected chi connectivity index (χ2v) is 11.8. The lowest BCUT2D eigenvalue weighted by atomic mass is 9.89. The molecule has 0 N–H and O–H groups in total. The SMILES string of the molecule is CC(C)Oc1ccc2ccc(OC(C)C)c(C(=O)c3ccc(Oc4ccccc4)cc3)c2c1C(=O)c1ccc(Oc2ccccc2)cc1. The number of hydrogen-bond donors (Lipinski definition) is 0. The minimum absolute atomic E-state index is 0.220. The van der Waals surface area contributed by atoms with E-state index in [1.54, 1.807) is 60.7 Å². The predicted molar refractivity (Wildman–Crippen MR) is 188 cm³/mol. The summed E-state index contributed by atoms with van der Waals surface area (Å²) in [5.74, 6) is 2.77. The Morgan fingerprint density at radius 1 is 0.438 bits per heavy atom. The first-order chi connectivity index (χ1) is 23.3. The zero-order chi connectivity index (χ0) is 33.6. The molecular formula is C42H36O6. The minimum atomic E-state index is -0.287. The van der Waals surface area contributed by atoms with Crippen LogP contribution in [0, 0.1) is 0 Å². The number of rotatable bonds is 12. The van der Waals surface area contributed by atoms with E-state index in [1.165, 1.54) is 0 Å². The van der Waals surface area contributed by atoms with Crippen molar-refractivity contribution in [2.45, 2.75) is 39.9 Å². The summed E-state index contributed by atoms with van der Waals surface area (Å²) >= 11 is 0. The van der Waals surface area contributed by atoms with Gasteiger partial charge in [-0.05, 0) is 118 Å². The van der Waals surface area contributed by atoms with Gasteiger partial charge >= 0.3 is 0 Å². The number of carbonyl (C=O) groups excluding carboxylic acids is 2. The lowest BCUT2D eigenvalue weighted by molar-refractivity contribution is 0.103. The van der Waals surface area contributed by atoms with Gasteiger partial charge in [-0.15, -0.1) is 0 Å². The molecule has 0 aliphatic rings. The van der Waals surface area contributed by atoms with Gasteiger partial charge in [-0.25, -0.2) is 0 Å². The van der Waals surface area contributed by atoms with Crippen molar-refractivity contribution in [3.63, 3.8) is 0 Å². The highest BCUT2D eigenvalue weighted by Gasteiger charge is 2.27. The van der Waals surface area contributed by atoms with Crippen LogP contribution in [0.25, 0.3) is 10.8 Å². The molecule has 0 amide bonds. The molecular weight excluding hydrogens is 600 g/mol. The van der Waals surface area contributed by atoms with Crippen LogP contribution in [-0.4, -0.2) is 23.8 Å². The van der Waals surface area contributed by atoms with Gasteiger partial charge in [0, 0.05) is 16.5 Å². The summed E-state index contributed by atoms with van der Waals surface area (Å²) in [5, 5.41) is 1.18. The molecule has 0 aliphatic carbocycles. The third-order valence-electron chi connectivity index (χ3n) is 7.48. The van der Waals surface area contributed by atoms with Gasteiger partial charge in [0.1, 0.15) is 34.5 Å². The topological polar surface area (TPSA) is 71.1 Å². The van der Waals surface area contributed by atoms with E-state index in [9.17, 15) is 9.59 Å². The fourth-order valence-electron chi connectivity index (χ4n) is 5.42. The third-order valence-corrected chi connectivity index (χ3v) is 7.48. The van der Waals surface area contributed by atoms with Crippen LogP contribution in [0.2, 0.25) is 0 Å². The van der Waals surface area contributed by atoms with Crippen molar-refractivity contribution in [2.75, 3.05) is 0 Å². The molecule has 0 saturated heterocycles. The molecule has 6 aromatic rings. The molecule has 0 spiro atoms. The summed E-state index contributed by atoms with van der Waals surface area (Å²) in [7, 11) is 0. The summed E-state index contributed by atoms with van der Waals surface area (Å²) in [6.07, 6.45) is -0.441. The van der Waals surface area contributed by atoms with Gasteiger partial charge in [-0.3, -0.25) is 9.59 Å². The van der Waals surface area contributed by atoms with Crippen molar-refractivity contribution in [1.29, 1.82) is 0 Å². The van der Waals surface area contributed by atoms with Crippen molar-refractivity contribution in [3.8, 4) is 34.5 Å². The van der Waals surface area contributed by atoms with Crippen LogP contribution in [0.1, 0.15) is 59.5 Å². The van der Waals surface area contributed by atoms with Crippen molar-refractivity contribution in [3.05, 3.63) is 156 Å². The Balaban J connectivity index is 1.46. The predicted octanol–water partition coefficient (Wildman–Crippen LogP) is 10.5. The van der Waals surface area contributed by atoms with Gasteiger partial charge < -0.3 is 18.9 Å². The summed E-state index contributed by atoms with van der Waals surface area (Å²) in [6, 6.07) is 40.1. The molecule has 240 valence electrons. The Bertz CT molecular complexity index is 1890. The summed E-state index contributed by atoms with van der Waals surface area (Å²) in [5.41, 5.74) is 1.43. The molecule has 0 unspecified atom stereocenters. The molecule has 0 bridgehead atoms. The molecule has 0 saturated carbocycles. The van der Waals surface area contributed by atoms with Crippen LogP contribution in [0.4, 0.5) is 0 Å². The highest BCUT2D eigenvalue weighted by molar-refractivity contribution is 6.26. The zero-order valence-electron chi connectivity index (χ0n) is 27.3. The van der Waals surface area contributed by atoms with E-state index in [0.717, 1.165) is 0 Å². The number of fused-ring (bicyclic) bond motifs is 1. The van der Waals surface area contributed by atoms with E-state index < -0.39 is 0 Å². The number of para-hydroxylation sites is 2. The smallest absolute Gasteiger partial charge is 0.197 e. The first-order valence-electron chi connectivity index (χ1n) is 15.9. The quantitative estimate of drug-likeness (QED) is 0.125.